The highest BCUT2D eigenvalue weighted by atomic mass is 79.9. The highest BCUT2D eigenvalue weighted by Gasteiger charge is 2.69. The molecule has 0 aromatic heterocycles. The van der Waals surface area contributed by atoms with Gasteiger partial charge in [-0.05, 0) is 18.8 Å². The van der Waals surface area contributed by atoms with Gasteiger partial charge in [-0.1, -0.05) is 61.6 Å². The van der Waals surface area contributed by atoms with Crippen LogP contribution in [0.5, 0.6) is 0 Å². The summed E-state index contributed by atoms with van der Waals surface area (Å²) < 4.78 is 0.214. The van der Waals surface area contributed by atoms with Crippen LogP contribution < -0.4 is 0 Å². The molecule has 0 radical (unpaired) electrons. The fourth-order valence-electron chi connectivity index (χ4n) is 3.15. The molecule has 0 amide bonds. The minimum atomic E-state index is -0.163. The molecule has 3 unspecified atom stereocenters. The number of Topliss-reactive ketones (excluding diaryl/α,β-unsaturated/α-hetero) is 1. The summed E-state index contributed by atoms with van der Waals surface area (Å²) in [7, 11) is 0. The lowest BCUT2D eigenvalue weighted by atomic mass is 9.70. The Hall–Kier alpha value is 1.11. The van der Waals surface area contributed by atoms with Crippen LogP contribution in [0.2, 0.25) is 0 Å². The monoisotopic (exact) mass is 386 g/mol. The van der Waals surface area contributed by atoms with Crippen molar-refractivity contribution in [1.82, 2.24) is 0 Å². The van der Waals surface area contributed by atoms with Gasteiger partial charge in [-0.2, -0.15) is 0 Å². The van der Waals surface area contributed by atoms with Gasteiger partial charge in [-0.3, -0.25) is 4.79 Å². The lowest BCUT2D eigenvalue weighted by molar-refractivity contribution is -0.127. The Morgan fingerprint density at radius 2 is 2.00 bits per heavy atom. The normalized spacial score (nSPS) is 52.0. The third-order valence-electron chi connectivity index (χ3n) is 4.52. The Labute approximate surface area is 110 Å². The van der Waals surface area contributed by atoms with Crippen LogP contribution in [-0.2, 0) is 4.79 Å². The smallest absolute Gasteiger partial charge is 0.153 e. The molecule has 2 saturated carbocycles. The number of fused-ring (bicyclic) bond motifs is 2. The summed E-state index contributed by atoms with van der Waals surface area (Å²) in [5, 5.41) is 0. The molecule has 2 fully saturated rings. The third kappa shape index (κ3) is 1.08. The maximum absolute atomic E-state index is 12.1. The summed E-state index contributed by atoms with van der Waals surface area (Å²) in [5.41, 5.74) is -0.123. The van der Waals surface area contributed by atoms with E-state index in [4.69, 9.17) is 0 Å². The van der Waals surface area contributed by atoms with Crippen LogP contribution in [0, 0.1) is 16.7 Å². The summed E-state index contributed by atoms with van der Waals surface area (Å²) in [5.74, 6) is 0.851. The van der Waals surface area contributed by atoms with Crippen molar-refractivity contribution in [2.75, 3.05) is 0 Å². The van der Waals surface area contributed by atoms with Crippen molar-refractivity contribution in [3.8, 4) is 0 Å². The molecular weight excluding hydrogens is 376 g/mol. The first kappa shape index (κ1) is 11.6. The number of alkyl halides is 3. The molecule has 80 valence electrons. The molecule has 14 heavy (non-hydrogen) atoms. The zero-order chi connectivity index (χ0) is 10.7. The molecule has 0 aliphatic heterocycles. The van der Waals surface area contributed by atoms with Gasteiger partial charge in [0.15, 0.2) is 5.78 Å². The second-order valence-corrected chi connectivity index (χ2v) is 8.87. The van der Waals surface area contributed by atoms with Gasteiger partial charge in [0.1, 0.15) is 0 Å². The number of ketones is 1. The van der Waals surface area contributed by atoms with Crippen LogP contribution in [-0.4, -0.2) is 14.3 Å². The van der Waals surface area contributed by atoms with Crippen molar-refractivity contribution < 1.29 is 4.79 Å². The van der Waals surface area contributed by atoms with Crippen LogP contribution in [0.1, 0.15) is 26.7 Å². The SMILES string of the molecule is CC12CCC([C@@H](Br)C1=O)C2(C)C(Br)Br. The largest absolute Gasteiger partial charge is 0.298 e. The van der Waals surface area contributed by atoms with Crippen molar-refractivity contribution in [1.29, 1.82) is 0 Å². The minimum Gasteiger partial charge on any atom is -0.298 e. The molecule has 2 aliphatic rings. The number of carbonyl (C=O) groups is 1. The third-order valence-corrected chi connectivity index (χ3v) is 7.47. The molecule has 4 heteroatoms. The summed E-state index contributed by atoms with van der Waals surface area (Å²) in [4.78, 5) is 12.2. The first-order chi connectivity index (χ1) is 6.35. The number of hydrogen-bond acceptors (Lipinski definition) is 1. The van der Waals surface area contributed by atoms with Crippen molar-refractivity contribution in [3.63, 3.8) is 0 Å². The average Bonchev–Trinajstić information content (AvgIpc) is 2.45. The van der Waals surface area contributed by atoms with E-state index in [1.807, 2.05) is 0 Å². The van der Waals surface area contributed by atoms with Gasteiger partial charge in [0, 0.05) is 10.8 Å². The highest BCUT2D eigenvalue weighted by Crippen LogP contribution is 2.68. The highest BCUT2D eigenvalue weighted by molar-refractivity contribution is 9.24. The fraction of sp³-hybridized carbons (Fsp3) is 0.900. The molecule has 2 aliphatic carbocycles. The van der Waals surface area contributed by atoms with E-state index in [1.165, 1.54) is 0 Å². The molecule has 2 rings (SSSR count). The van der Waals surface area contributed by atoms with E-state index < -0.39 is 0 Å². The van der Waals surface area contributed by atoms with Crippen molar-refractivity contribution in [3.05, 3.63) is 0 Å². The summed E-state index contributed by atoms with van der Waals surface area (Å²) >= 11 is 10.8. The Balaban J connectivity index is 2.51. The first-order valence-electron chi connectivity index (χ1n) is 4.82. The molecule has 0 aromatic rings. The van der Waals surface area contributed by atoms with Crippen LogP contribution in [0.3, 0.4) is 0 Å². The second kappa shape index (κ2) is 3.30. The molecule has 0 saturated heterocycles. The van der Waals surface area contributed by atoms with E-state index in [-0.39, 0.29) is 19.4 Å². The van der Waals surface area contributed by atoms with Gasteiger partial charge in [0.2, 0.25) is 0 Å². The van der Waals surface area contributed by atoms with Gasteiger partial charge >= 0.3 is 0 Å². The van der Waals surface area contributed by atoms with E-state index in [1.54, 1.807) is 0 Å². The molecule has 1 nitrogen and oxygen atoms in total. The van der Waals surface area contributed by atoms with Gasteiger partial charge in [-0.25, -0.2) is 0 Å². The van der Waals surface area contributed by atoms with Crippen LogP contribution in [0.4, 0.5) is 0 Å². The minimum absolute atomic E-state index is 0.0399. The van der Waals surface area contributed by atoms with Gasteiger partial charge in [0.25, 0.3) is 0 Å². The van der Waals surface area contributed by atoms with Crippen LogP contribution >= 0.6 is 47.8 Å². The van der Waals surface area contributed by atoms with E-state index in [0.29, 0.717) is 11.7 Å². The maximum Gasteiger partial charge on any atom is 0.153 e. The Bertz CT molecular complexity index is 291. The molecule has 0 spiro atoms. The average molecular weight is 389 g/mol. The van der Waals surface area contributed by atoms with Crippen molar-refractivity contribution in [2.45, 2.75) is 35.3 Å². The molecular formula is C10H13Br3O. The molecule has 0 aromatic carbocycles. The number of hydrogen-bond donors (Lipinski definition) is 0. The number of halogens is 3. The molecule has 0 N–H and O–H groups in total. The summed E-state index contributed by atoms with van der Waals surface area (Å²) in [6.45, 7) is 4.34. The topological polar surface area (TPSA) is 17.1 Å². The Kier molecular flexibility index (Phi) is 2.73. The molecule has 2 bridgehead atoms. The van der Waals surface area contributed by atoms with Gasteiger partial charge < -0.3 is 0 Å². The fourth-order valence-corrected chi connectivity index (χ4v) is 6.16. The number of rotatable bonds is 1. The summed E-state index contributed by atoms with van der Waals surface area (Å²) in [6, 6.07) is 0. The first-order valence-corrected chi connectivity index (χ1v) is 7.57. The lowest BCUT2D eigenvalue weighted by Gasteiger charge is -2.38. The Morgan fingerprint density at radius 3 is 2.29 bits per heavy atom. The second-order valence-electron chi connectivity index (χ2n) is 4.83. The molecule has 0 heterocycles. The maximum atomic E-state index is 12.1. The van der Waals surface area contributed by atoms with Crippen molar-refractivity contribution in [2.24, 2.45) is 16.7 Å². The van der Waals surface area contributed by atoms with Gasteiger partial charge in [0.05, 0.1) is 8.56 Å². The van der Waals surface area contributed by atoms with Crippen LogP contribution in [0.15, 0.2) is 0 Å². The van der Waals surface area contributed by atoms with Gasteiger partial charge in [-0.15, -0.1) is 0 Å². The van der Waals surface area contributed by atoms with E-state index in [9.17, 15) is 4.79 Å². The predicted octanol–water partition coefficient (Wildman–Crippen LogP) is 3.87. The lowest BCUT2D eigenvalue weighted by Crippen LogP contribution is -2.39. The van der Waals surface area contributed by atoms with E-state index in [0.717, 1.165) is 12.8 Å². The van der Waals surface area contributed by atoms with E-state index >= 15 is 0 Å². The zero-order valence-corrected chi connectivity index (χ0v) is 12.9. The molecule has 4 atom stereocenters. The zero-order valence-electron chi connectivity index (χ0n) is 8.19. The summed E-state index contributed by atoms with van der Waals surface area (Å²) in [6.07, 6.45) is 2.19. The predicted molar refractivity (Wildman–Crippen MR) is 68.3 cm³/mol. The standard InChI is InChI=1S/C10H13Br3O/c1-9-4-3-5(6(11)7(9)14)10(9,2)8(12)13/h5-6,8H,3-4H2,1-2H3/t5?,6-,9?,10?/m1/s1. The van der Waals surface area contributed by atoms with Crippen LogP contribution in [0.25, 0.3) is 0 Å². The van der Waals surface area contributed by atoms with E-state index in [2.05, 4.69) is 61.6 Å². The quantitative estimate of drug-likeness (QED) is 0.623. The Morgan fingerprint density at radius 1 is 1.43 bits per heavy atom. The number of carbonyl (C=O) groups excluding carboxylic acids is 1. The van der Waals surface area contributed by atoms with Crippen molar-refractivity contribution >= 4 is 53.6 Å².